The number of aryl methyl sites for hydroxylation is 1. The molecule has 14 heavy (non-hydrogen) atoms. The molecule has 0 atom stereocenters. The van der Waals surface area contributed by atoms with Crippen LogP contribution in [-0.4, -0.2) is 12.2 Å². The van der Waals surface area contributed by atoms with Crippen LogP contribution in [-0.2, 0) is 6.61 Å². The predicted octanol–water partition coefficient (Wildman–Crippen LogP) is 2.71. The van der Waals surface area contributed by atoms with Gasteiger partial charge in [-0.1, -0.05) is 6.07 Å². The molecule has 1 N–H and O–H groups in total. The zero-order valence-electron chi connectivity index (χ0n) is 8.20. The zero-order chi connectivity index (χ0) is 10.1. The summed E-state index contributed by atoms with van der Waals surface area (Å²) in [6, 6.07) is 5.95. The number of hydrogen-bond donors (Lipinski definition) is 1. The summed E-state index contributed by atoms with van der Waals surface area (Å²) in [6.07, 6.45) is 0. The third kappa shape index (κ3) is 1.29. The van der Waals surface area contributed by atoms with Gasteiger partial charge in [0, 0.05) is 20.5 Å². The molecule has 2 nitrogen and oxygen atoms in total. The van der Waals surface area contributed by atoms with Crippen LogP contribution in [0.25, 0.3) is 10.1 Å². The van der Waals surface area contributed by atoms with Gasteiger partial charge in [0.15, 0.2) is 0 Å². The van der Waals surface area contributed by atoms with Crippen LogP contribution in [0.5, 0.6) is 5.75 Å². The van der Waals surface area contributed by atoms with Crippen molar-refractivity contribution in [1.29, 1.82) is 0 Å². The molecule has 2 rings (SSSR count). The van der Waals surface area contributed by atoms with E-state index in [4.69, 9.17) is 4.74 Å². The summed E-state index contributed by atoms with van der Waals surface area (Å²) in [5.74, 6) is 0.843. The quantitative estimate of drug-likeness (QED) is 0.822. The summed E-state index contributed by atoms with van der Waals surface area (Å²) in [7, 11) is 1.66. The van der Waals surface area contributed by atoms with Gasteiger partial charge in [-0.05, 0) is 19.1 Å². The van der Waals surface area contributed by atoms with E-state index >= 15 is 0 Å². The lowest BCUT2D eigenvalue weighted by Crippen LogP contribution is -1.87. The van der Waals surface area contributed by atoms with E-state index < -0.39 is 0 Å². The van der Waals surface area contributed by atoms with Gasteiger partial charge in [0.2, 0.25) is 0 Å². The van der Waals surface area contributed by atoms with Crippen LogP contribution in [0.3, 0.4) is 0 Å². The average Bonchev–Trinajstić information content (AvgIpc) is 2.52. The van der Waals surface area contributed by atoms with Crippen LogP contribution in [0.4, 0.5) is 0 Å². The lowest BCUT2D eigenvalue weighted by Gasteiger charge is -2.03. The van der Waals surface area contributed by atoms with E-state index in [1.807, 2.05) is 19.1 Å². The van der Waals surface area contributed by atoms with Crippen molar-refractivity contribution in [3.8, 4) is 5.75 Å². The number of fused-ring (bicyclic) bond motifs is 1. The molecule has 0 aliphatic rings. The van der Waals surface area contributed by atoms with Crippen molar-refractivity contribution < 1.29 is 9.84 Å². The van der Waals surface area contributed by atoms with Crippen molar-refractivity contribution in [3.05, 3.63) is 28.6 Å². The lowest BCUT2D eigenvalue weighted by molar-refractivity contribution is 0.282. The molecule has 0 radical (unpaired) electrons. The molecular weight excluding hydrogens is 196 g/mol. The zero-order valence-corrected chi connectivity index (χ0v) is 9.02. The number of rotatable bonds is 2. The molecule has 0 aliphatic carbocycles. The molecule has 0 amide bonds. The molecule has 0 saturated heterocycles. The second-order valence-electron chi connectivity index (χ2n) is 3.13. The summed E-state index contributed by atoms with van der Waals surface area (Å²) in [6.45, 7) is 2.10. The summed E-state index contributed by atoms with van der Waals surface area (Å²) in [5, 5.41) is 10.3. The van der Waals surface area contributed by atoms with Crippen LogP contribution in [0.15, 0.2) is 18.2 Å². The van der Waals surface area contributed by atoms with E-state index in [9.17, 15) is 5.11 Å². The fraction of sp³-hybridized carbons (Fsp3) is 0.273. The fourth-order valence-corrected chi connectivity index (χ4v) is 2.75. The first-order chi connectivity index (χ1) is 6.77. The normalized spacial score (nSPS) is 10.8. The first kappa shape index (κ1) is 9.49. The highest BCUT2D eigenvalue weighted by Gasteiger charge is 2.11. The van der Waals surface area contributed by atoms with Crippen LogP contribution in [0, 0.1) is 6.92 Å². The first-order valence-electron chi connectivity index (χ1n) is 4.43. The Labute approximate surface area is 86.8 Å². The fourth-order valence-electron chi connectivity index (χ4n) is 1.66. The monoisotopic (exact) mass is 208 g/mol. The van der Waals surface area contributed by atoms with Gasteiger partial charge in [-0.15, -0.1) is 11.3 Å². The molecule has 0 unspecified atom stereocenters. The number of benzene rings is 1. The highest BCUT2D eigenvalue weighted by Crippen LogP contribution is 2.36. The standard InChI is InChI=1S/C11H12O2S/c1-7-8(6-12)11-9(13-2)4-3-5-10(11)14-7/h3-5,12H,6H2,1-2H3. The van der Waals surface area contributed by atoms with Gasteiger partial charge in [-0.2, -0.15) is 0 Å². The van der Waals surface area contributed by atoms with Crippen LogP contribution < -0.4 is 4.74 Å². The van der Waals surface area contributed by atoms with Gasteiger partial charge < -0.3 is 9.84 Å². The molecule has 0 aliphatic heterocycles. The van der Waals surface area contributed by atoms with Gasteiger partial charge in [0.25, 0.3) is 0 Å². The molecule has 3 heteroatoms. The highest BCUT2D eigenvalue weighted by atomic mass is 32.1. The third-order valence-electron chi connectivity index (χ3n) is 2.36. The van der Waals surface area contributed by atoms with Gasteiger partial charge in [0.05, 0.1) is 13.7 Å². The Bertz CT molecular complexity index is 460. The largest absolute Gasteiger partial charge is 0.496 e. The molecule has 1 aromatic heterocycles. The Morgan fingerprint density at radius 3 is 2.86 bits per heavy atom. The van der Waals surface area contributed by atoms with E-state index in [1.165, 1.54) is 4.70 Å². The van der Waals surface area contributed by atoms with Crippen molar-refractivity contribution in [2.24, 2.45) is 0 Å². The van der Waals surface area contributed by atoms with Crippen molar-refractivity contribution in [2.45, 2.75) is 13.5 Å². The Kier molecular flexibility index (Phi) is 2.44. The molecule has 74 valence electrons. The van der Waals surface area contributed by atoms with Crippen molar-refractivity contribution in [2.75, 3.05) is 7.11 Å². The van der Waals surface area contributed by atoms with E-state index in [2.05, 4.69) is 6.07 Å². The number of thiophene rings is 1. The Morgan fingerprint density at radius 1 is 1.43 bits per heavy atom. The number of hydrogen-bond acceptors (Lipinski definition) is 3. The maximum absolute atomic E-state index is 9.28. The van der Waals surface area contributed by atoms with E-state index in [0.717, 1.165) is 21.6 Å². The molecule has 1 heterocycles. The molecule has 0 bridgehead atoms. The lowest BCUT2D eigenvalue weighted by atomic mass is 10.1. The van der Waals surface area contributed by atoms with E-state index in [0.29, 0.717) is 0 Å². The maximum atomic E-state index is 9.28. The van der Waals surface area contributed by atoms with Crippen LogP contribution >= 0.6 is 11.3 Å². The average molecular weight is 208 g/mol. The smallest absolute Gasteiger partial charge is 0.127 e. The highest BCUT2D eigenvalue weighted by molar-refractivity contribution is 7.19. The minimum atomic E-state index is 0.0756. The third-order valence-corrected chi connectivity index (χ3v) is 3.47. The second-order valence-corrected chi connectivity index (χ2v) is 4.38. The number of aliphatic hydroxyl groups is 1. The Hall–Kier alpha value is -1.06. The van der Waals surface area contributed by atoms with Gasteiger partial charge in [-0.3, -0.25) is 0 Å². The van der Waals surface area contributed by atoms with Crippen molar-refractivity contribution in [1.82, 2.24) is 0 Å². The van der Waals surface area contributed by atoms with E-state index in [-0.39, 0.29) is 6.61 Å². The van der Waals surface area contributed by atoms with Crippen LogP contribution in [0.1, 0.15) is 10.4 Å². The molecule has 1 aromatic carbocycles. The summed E-state index contributed by atoms with van der Waals surface area (Å²) >= 11 is 1.69. The second kappa shape index (κ2) is 3.59. The molecule has 0 spiro atoms. The van der Waals surface area contributed by atoms with Crippen LogP contribution in [0.2, 0.25) is 0 Å². The predicted molar refractivity (Wildman–Crippen MR) is 59.0 cm³/mol. The number of aliphatic hydroxyl groups excluding tert-OH is 1. The Morgan fingerprint density at radius 2 is 2.21 bits per heavy atom. The molecule has 0 fully saturated rings. The first-order valence-corrected chi connectivity index (χ1v) is 5.25. The van der Waals surface area contributed by atoms with Crippen molar-refractivity contribution in [3.63, 3.8) is 0 Å². The molecule has 2 aromatic rings. The van der Waals surface area contributed by atoms with Gasteiger partial charge >= 0.3 is 0 Å². The number of methoxy groups -OCH3 is 1. The Balaban J connectivity index is 2.82. The summed E-state index contributed by atoms with van der Waals surface area (Å²) in [5.41, 5.74) is 0.988. The van der Waals surface area contributed by atoms with Crippen molar-refractivity contribution >= 4 is 21.4 Å². The van der Waals surface area contributed by atoms with Gasteiger partial charge in [-0.25, -0.2) is 0 Å². The van der Waals surface area contributed by atoms with Gasteiger partial charge in [0.1, 0.15) is 5.75 Å². The minimum Gasteiger partial charge on any atom is -0.496 e. The number of ether oxygens (including phenoxy) is 1. The summed E-state index contributed by atoms with van der Waals surface area (Å²) in [4.78, 5) is 1.16. The maximum Gasteiger partial charge on any atom is 0.127 e. The molecule has 0 saturated carbocycles. The SMILES string of the molecule is COc1cccc2sc(C)c(CO)c12. The summed E-state index contributed by atoms with van der Waals surface area (Å²) < 4.78 is 6.45. The topological polar surface area (TPSA) is 29.5 Å². The minimum absolute atomic E-state index is 0.0756. The molecular formula is C11H12O2S. The van der Waals surface area contributed by atoms with E-state index in [1.54, 1.807) is 18.4 Å².